The number of fused-ring (bicyclic) bond motifs is 2. The molecule has 10 rings (SSSR count). The maximum atomic E-state index is 4.02. The van der Waals surface area contributed by atoms with Gasteiger partial charge in [-0.05, 0) is 61.6 Å². The van der Waals surface area contributed by atoms with Gasteiger partial charge >= 0.3 is 0 Å². The first kappa shape index (κ1) is 39.4. The smallest absolute Gasteiger partial charge is 0.268 e. The molecule has 0 aliphatic heterocycles. The predicted octanol–water partition coefficient (Wildman–Crippen LogP) is 8.14. The summed E-state index contributed by atoms with van der Waals surface area (Å²) >= 11 is 0. The van der Waals surface area contributed by atoms with Crippen LogP contribution in [0.3, 0.4) is 0 Å². The molecule has 287 valence electrons. The Hall–Kier alpha value is -6.87. The second-order valence-electron chi connectivity index (χ2n) is 13.6. The Labute approximate surface area is 351 Å². The normalized spacial score (nSPS) is 10.6. The fourth-order valence-corrected chi connectivity index (χ4v) is 6.52. The number of hydrogen-bond donors (Lipinski definition) is 0. The summed E-state index contributed by atoms with van der Waals surface area (Å²) in [7, 11) is 0. The molecule has 0 saturated carbocycles. The van der Waals surface area contributed by atoms with Gasteiger partial charge in [-0.15, -0.1) is 0 Å². The Morgan fingerprint density at radius 3 is 1.48 bits per heavy atom. The van der Waals surface area contributed by atoms with Crippen LogP contribution in [0.1, 0.15) is 22.3 Å². The minimum atomic E-state index is 0. The quantitative estimate of drug-likeness (QED) is 0.129. The second kappa shape index (κ2) is 17.9. The van der Waals surface area contributed by atoms with Crippen LogP contribution in [0.5, 0.6) is 0 Å². The number of pyridine rings is 1. The second-order valence-corrected chi connectivity index (χ2v) is 13.6. The first-order chi connectivity index (χ1) is 27.9. The van der Waals surface area contributed by atoms with Gasteiger partial charge in [0.05, 0.1) is 45.0 Å². The van der Waals surface area contributed by atoms with E-state index in [0.29, 0.717) is 11.5 Å². The molecular weight excluding hydrogens is 895 g/mol. The number of benzene rings is 6. The summed E-state index contributed by atoms with van der Waals surface area (Å²) < 4.78 is 8.37. The first-order valence-electron chi connectivity index (χ1n) is 18.5. The molecule has 4 heterocycles. The molecule has 0 N–H and O–H groups in total. The van der Waals surface area contributed by atoms with Crippen molar-refractivity contribution in [3.63, 3.8) is 0 Å². The van der Waals surface area contributed by atoms with E-state index in [2.05, 4.69) is 218 Å². The molecule has 58 heavy (non-hydrogen) atoms. The monoisotopic (exact) mass is 933 g/mol. The maximum absolute atomic E-state index is 4.02. The van der Waals surface area contributed by atoms with Gasteiger partial charge in [-0.2, -0.15) is 64.9 Å². The standard InChI is InChI=1S/2C21H17N2.C6H4N5.Ir/c2*1-16-7-5-9-18(13-16)22-15-23(19-10-6-8-17(2)14-19)21-12-4-3-11-20(21)22;1-2-4-7-5(3-1)6-8-10-11-9-6;/h2*3-9,11-14H,1-2H3;1-4H;/q3*-1;. The zero-order chi connectivity index (χ0) is 39.1. The topological polar surface area (TPSA) is 83.3 Å². The molecule has 1 radical (unpaired) electrons. The van der Waals surface area contributed by atoms with E-state index < -0.39 is 0 Å². The Balaban J connectivity index is 0.000000139. The van der Waals surface area contributed by atoms with Crippen molar-refractivity contribution in [2.24, 2.45) is 0 Å². The zero-order valence-corrected chi connectivity index (χ0v) is 34.8. The Kier molecular flexibility index (Phi) is 12.2. The fourth-order valence-electron chi connectivity index (χ4n) is 6.52. The molecule has 0 atom stereocenters. The van der Waals surface area contributed by atoms with Crippen LogP contribution < -0.4 is 14.2 Å². The van der Waals surface area contributed by atoms with Crippen molar-refractivity contribution in [3.05, 3.63) is 205 Å². The predicted molar refractivity (Wildman–Crippen MR) is 220 cm³/mol. The molecule has 10 heteroatoms. The Morgan fingerprint density at radius 2 is 1.03 bits per heavy atom. The van der Waals surface area contributed by atoms with Crippen molar-refractivity contribution in [3.8, 4) is 34.3 Å². The third kappa shape index (κ3) is 8.74. The van der Waals surface area contributed by atoms with Gasteiger partial charge in [0.1, 0.15) is 0 Å². The van der Waals surface area contributed by atoms with E-state index in [1.54, 1.807) is 12.3 Å². The van der Waals surface area contributed by atoms with Gasteiger partial charge in [0.2, 0.25) is 0 Å². The number of hydrogen-bond acceptors (Lipinski definition) is 4. The van der Waals surface area contributed by atoms with Crippen molar-refractivity contribution in [2.75, 3.05) is 0 Å². The molecule has 0 bridgehead atoms. The Morgan fingerprint density at radius 1 is 0.534 bits per heavy atom. The van der Waals surface area contributed by atoms with Crippen LogP contribution in [0.4, 0.5) is 0 Å². The SMILES string of the molecule is Cc1cc[c-]c(-n2[c-][n+](-c3cccc(C)c3)c3ccccc32)c1.Cc1cc[c-]c(-n2[c-][n+](-c3cccc(C)c3)c3ccccc32)c1.[Ir].c1ccc(-c2nnn[n-]2)nc1. The summed E-state index contributed by atoms with van der Waals surface area (Å²) in [4.78, 5) is 4.02. The molecule has 6 aromatic carbocycles. The fraction of sp³-hybridized carbons (Fsp3) is 0.0833. The molecule has 10 aromatic rings. The van der Waals surface area contributed by atoms with Crippen LogP contribution in [0.2, 0.25) is 0 Å². The molecule has 0 spiro atoms. The van der Waals surface area contributed by atoms with Crippen LogP contribution in [-0.4, -0.2) is 29.6 Å². The minimum Gasteiger partial charge on any atom is -0.329 e. The summed E-state index contributed by atoms with van der Waals surface area (Å²) in [6.07, 6.45) is 8.63. The van der Waals surface area contributed by atoms with E-state index in [4.69, 9.17) is 0 Å². The van der Waals surface area contributed by atoms with Gasteiger partial charge in [0.25, 0.3) is 12.7 Å². The van der Waals surface area contributed by atoms with Crippen molar-refractivity contribution < 1.29 is 29.2 Å². The summed E-state index contributed by atoms with van der Waals surface area (Å²) in [6.45, 7) is 8.41. The van der Waals surface area contributed by atoms with Crippen LogP contribution in [0.25, 0.3) is 56.3 Å². The van der Waals surface area contributed by atoms with Crippen molar-refractivity contribution in [1.82, 2.24) is 34.7 Å². The van der Waals surface area contributed by atoms with E-state index >= 15 is 0 Å². The zero-order valence-electron chi connectivity index (χ0n) is 32.4. The molecule has 0 fully saturated rings. The third-order valence-electron chi connectivity index (χ3n) is 9.23. The van der Waals surface area contributed by atoms with Gasteiger partial charge in [0, 0.05) is 26.3 Å². The van der Waals surface area contributed by atoms with Gasteiger partial charge in [-0.1, -0.05) is 104 Å². The summed E-state index contributed by atoms with van der Waals surface area (Å²) in [6, 6.07) is 58.1. The molecule has 0 aliphatic rings. The molecule has 4 aromatic heterocycles. The van der Waals surface area contributed by atoms with E-state index in [1.807, 2.05) is 24.3 Å². The minimum absolute atomic E-state index is 0. The number of rotatable bonds is 5. The van der Waals surface area contributed by atoms with Crippen molar-refractivity contribution in [2.45, 2.75) is 27.7 Å². The number of nitrogens with zero attached hydrogens (tertiary/aromatic N) is 9. The van der Waals surface area contributed by atoms with E-state index in [-0.39, 0.29) is 20.1 Å². The number of aromatic nitrogens is 9. The average Bonchev–Trinajstić information content (AvgIpc) is 4.01. The Bertz CT molecular complexity index is 2590. The molecule has 0 aliphatic carbocycles. The van der Waals surface area contributed by atoms with Gasteiger partial charge in [-0.3, -0.25) is 24.4 Å². The van der Waals surface area contributed by atoms with Gasteiger partial charge in [-0.25, -0.2) is 0 Å². The maximum Gasteiger partial charge on any atom is 0.268 e. The van der Waals surface area contributed by atoms with E-state index in [9.17, 15) is 0 Å². The number of para-hydroxylation sites is 4. The largest absolute Gasteiger partial charge is 0.329 e. The van der Waals surface area contributed by atoms with Crippen LogP contribution in [0, 0.1) is 52.5 Å². The first-order valence-corrected chi connectivity index (χ1v) is 18.5. The molecule has 0 amide bonds. The molecular formula is C48H38IrN9-3. The number of aryl methyl sites for hydroxylation is 4. The summed E-state index contributed by atoms with van der Waals surface area (Å²) in [5, 5.41) is 14.0. The summed E-state index contributed by atoms with van der Waals surface area (Å²) in [5.74, 6) is 0.464. The molecule has 0 unspecified atom stereocenters. The van der Waals surface area contributed by atoms with Crippen molar-refractivity contribution >= 4 is 22.1 Å². The van der Waals surface area contributed by atoms with Crippen LogP contribution in [0.15, 0.2) is 158 Å². The number of tetrazole rings is 1. The summed E-state index contributed by atoms with van der Waals surface area (Å²) in [5.41, 5.74) is 14.4. The van der Waals surface area contributed by atoms with E-state index in [1.165, 1.54) is 22.3 Å². The average molecular weight is 933 g/mol. The van der Waals surface area contributed by atoms with E-state index in [0.717, 1.165) is 44.8 Å². The van der Waals surface area contributed by atoms with Crippen LogP contribution >= 0.6 is 0 Å². The van der Waals surface area contributed by atoms with Crippen molar-refractivity contribution in [1.29, 1.82) is 0 Å². The molecule has 9 nitrogen and oxygen atoms in total. The van der Waals surface area contributed by atoms with Gasteiger partial charge < -0.3 is 14.2 Å². The third-order valence-corrected chi connectivity index (χ3v) is 9.23. The van der Waals surface area contributed by atoms with Gasteiger partial charge in [0.15, 0.2) is 0 Å². The molecule has 0 saturated heterocycles. The number of imidazole rings is 2. The van der Waals surface area contributed by atoms with Crippen LogP contribution in [-0.2, 0) is 20.1 Å².